The van der Waals surface area contributed by atoms with Crippen LogP contribution in [0.5, 0.6) is 0 Å². The van der Waals surface area contributed by atoms with Crippen molar-refractivity contribution in [2.45, 2.75) is 52.4 Å². The minimum absolute atomic E-state index is 0.493. The van der Waals surface area contributed by atoms with Gasteiger partial charge >= 0.3 is 5.97 Å². The Morgan fingerprint density at radius 2 is 1.80 bits per heavy atom. The van der Waals surface area contributed by atoms with Crippen LogP contribution in [0.4, 0.5) is 0 Å². The lowest BCUT2D eigenvalue weighted by Crippen LogP contribution is -2.13. The molecule has 1 rings (SSSR count). The highest BCUT2D eigenvalue weighted by Gasteiger charge is 2.19. The van der Waals surface area contributed by atoms with Gasteiger partial charge < -0.3 is 5.11 Å². The van der Waals surface area contributed by atoms with Crippen LogP contribution in [0.25, 0.3) is 0 Å². The molecule has 15 heavy (non-hydrogen) atoms. The van der Waals surface area contributed by atoms with Gasteiger partial charge in [-0.1, -0.05) is 32.3 Å². The number of hydrogen-bond donors (Lipinski definition) is 1. The van der Waals surface area contributed by atoms with E-state index in [1.165, 1.54) is 32.1 Å². The molecule has 0 bridgehead atoms. The van der Waals surface area contributed by atoms with E-state index in [1.54, 1.807) is 6.92 Å². The van der Waals surface area contributed by atoms with Gasteiger partial charge in [-0.25, -0.2) is 4.79 Å². The van der Waals surface area contributed by atoms with Gasteiger partial charge in [-0.15, -0.1) is 0 Å². The molecule has 0 saturated heterocycles. The minimum Gasteiger partial charge on any atom is -0.478 e. The normalized spacial score (nSPS) is 27.7. The summed E-state index contributed by atoms with van der Waals surface area (Å²) in [6, 6.07) is 0. The van der Waals surface area contributed by atoms with E-state index in [0.717, 1.165) is 18.3 Å². The van der Waals surface area contributed by atoms with Gasteiger partial charge in [-0.05, 0) is 38.0 Å². The summed E-state index contributed by atoms with van der Waals surface area (Å²) in [5.74, 6) is 0.866. The lowest BCUT2D eigenvalue weighted by molar-refractivity contribution is -0.132. The number of carboxylic acids is 1. The maximum atomic E-state index is 10.6. The highest BCUT2D eigenvalue weighted by Crippen LogP contribution is 2.32. The molecule has 1 N–H and O–H groups in total. The Hall–Kier alpha value is -0.790. The highest BCUT2D eigenvalue weighted by molar-refractivity contribution is 5.85. The molecule has 2 nitrogen and oxygen atoms in total. The fraction of sp³-hybridized carbons (Fsp3) is 0.769. The second kappa shape index (κ2) is 5.94. The summed E-state index contributed by atoms with van der Waals surface area (Å²) in [5, 5.41) is 8.72. The zero-order valence-electron chi connectivity index (χ0n) is 9.83. The van der Waals surface area contributed by atoms with Crippen LogP contribution in [-0.2, 0) is 4.79 Å². The van der Waals surface area contributed by atoms with Crippen molar-refractivity contribution in [2.75, 3.05) is 0 Å². The third-order valence-electron chi connectivity index (χ3n) is 3.64. The summed E-state index contributed by atoms with van der Waals surface area (Å²) in [4.78, 5) is 10.6. The van der Waals surface area contributed by atoms with Crippen molar-refractivity contribution in [3.8, 4) is 0 Å². The van der Waals surface area contributed by atoms with E-state index >= 15 is 0 Å². The van der Waals surface area contributed by atoms with Gasteiger partial charge in [0.15, 0.2) is 0 Å². The van der Waals surface area contributed by atoms with Crippen molar-refractivity contribution in [3.05, 3.63) is 11.6 Å². The third-order valence-corrected chi connectivity index (χ3v) is 3.64. The van der Waals surface area contributed by atoms with Crippen molar-refractivity contribution >= 4 is 5.97 Å². The van der Waals surface area contributed by atoms with Gasteiger partial charge in [0.25, 0.3) is 0 Å². The molecule has 0 atom stereocenters. The summed E-state index contributed by atoms with van der Waals surface area (Å²) in [6.45, 7) is 3.94. The molecule has 0 radical (unpaired) electrons. The van der Waals surface area contributed by atoms with Crippen LogP contribution in [0.2, 0.25) is 0 Å². The van der Waals surface area contributed by atoms with Gasteiger partial charge in [-0.3, -0.25) is 0 Å². The standard InChI is InChI=1S/C13H22O2/c1-3-11-6-8-12(9-7-11)5-4-10(2)13(14)15/h4,11-12H,3,5-9H2,1-2H3,(H,14,15). The molecule has 1 fully saturated rings. The highest BCUT2D eigenvalue weighted by atomic mass is 16.4. The average molecular weight is 210 g/mol. The van der Waals surface area contributed by atoms with Gasteiger partial charge in [-0.2, -0.15) is 0 Å². The van der Waals surface area contributed by atoms with Gasteiger partial charge in [0.2, 0.25) is 0 Å². The van der Waals surface area contributed by atoms with Crippen LogP contribution in [0.1, 0.15) is 52.4 Å². The van der Waals surface area contributed by atoms with Crippen LogP contribution in [0, 0.1) is 11.8 Å². The Morgan fingerprint density at radius 1 is 1.27 bits per heavy atom. The largest absolute Gasteiger partial charge is 0.478 e. The predicted octanol–water partition coefficient (Wildman–Crippen LogP) is 3.62. The summed E-state index contributed by atoms with van der Waals surface area (Å²) in [5.41, 5.74) is 0.493. The van der Waals surface area contributed by atoms with E-state index in [0.29, 0.717) is 5.57 Å². The molecule has 1 aliphatic carbocycles. The van der Waals surface area contributed by atoms with Crippen LogP contribution < -0.4 is 0 Å². The van der Waals surface area contributed by atoms with Crippen molar-refractivity contribution in [1.82, 2.24) is 0 Å². The van der Waals surface area contributed by atoms with E-state index in [9.17, 15) is 4.79 Å². The van der Waals surface area contributed by atoms with E-state index in [1.807, 2.05) is 6.08 Å². The molecular formula is C13H22O2. The summed E-state index contributed by atoms with van der Waals surface area (Å²) < 4.78 is 0. The Kier molecular flexibility index (Phi) is 4.86. The van der Waals surface area contributed by atoms with E-state index < -0.39 is 5.97 Å². The molecule has 86 valence electrons. The first-order valence-corrected chi connectivity index (χ1v) is 6.03. The Balaban J connectivity index is 2.30. The van der Waals surface area contributed by atoms with Crippen molar-refractivity contribution in [1.29, 1.82) is 0 Å². The van der Waals surface area contributed by atoms with Crippen molar-refractivity contribution < 1.29 is 9.90 Å². The molecule has 0 heterocycles. The van der Waals surface area contributed by atoms with Crippen LogP contribution in [-0.4, -0.2) is 11.1 Å². The molecule has 0 spiro atoms. The second-order valence-corrected chi connectivity index (χ2v) is 4.72. The molecular weight excluding hydrogens is 188 g/mol. The second-order valence-electron chi connectivity index (χ2n) is 4.72. The SMILES string of the molecule is CCC1CCC(CC=C(C)C(=O)O)CC1. The average Bonchev–Trinajstić information content (AvgIpc) is 2.26. The molecule has 0 aromatic rings. The Bertz CT molecular complexity index is 235. The molecule has 0 aromatic carbocycles. The number of carboxylic acid groups (broad SMARTS) is 1. The fourth-order valence-corrected chi connectivity index (χ4v) is 2.31. The molecule has 0 aromatic heterocycles. The van der Waals surface area contributed by atoms with E-state index in [2.05, 4.69) is 6.92 Å². The number of allylic oxidation sites excluding steroid dienone is 1. The van der Waals surface area contributed by atoms with E-state index in [-0.39, 0.29) is 0 Å². The van der Waals surface area contributed by atoms with Gasteiger partial charge in [0.1, 0.15) is 0 Å². The number of hydrogen-bond acceptors (Lipinski definition) is 1. The van der Waals surface area contributed by atoms with E-state index in [4.69, 9.17) is 5.11 Å². The van der Waals surface area contributed by atoms with Crippen molar-refractivity contribution in [3.63, 3.8) is 0 Å². The first-order chi connectivity index (χ1) is 7.13. The quantitative estimate of drug-likeness (QED) is 0.719. The maximum Gasteiger partial charge on any atom is 0.330 e. The molecule has 0 aliphatic heterocycles. The first kappa shape index (κ1) is 12.3. The third kappa shape index (κ3) is 4.06. The molecule has 0 unspecified atom stereocenters. The van der Waals surface area contributed by atoms with Gasteiger partial charge in [0, 0.05) is 5.57 Å². The smallest absolute Gasteiger partial charge is 0.330 e. The fourth-order valence-electron chi connectivity index (χ4n) is 2.31. The van der Waals surface area contributed by atoms with Crippen LogP contribution in [0.3, 0.4) is 0 Å². The molecule has 1 aliphatic rings. The van der Waals surface area contributed by atoms with Crippen molar-refractivity contribution in [2.24, 2.45) is 11.8 Å². The Morgan fingerprint density at radius 3 is 2.27 bits per heavy atom. The van der Waals surface area contributed by atoms with Crippen LogP contribution in [0.15, 0.2) is 11.6 Å². The number of rotatable bonds is 4. The topological polar surface area (TPSA) is 37.3 Å². The van der Waals surface area contributed by atoms with Crippen LogP contribution >= 0.6 is 0 Å². The summed E-state index contributed by atoms with van der Waals surface area (Å²) in [7, 11) is 0. The zero-order chi connectivity index (χ0) is 11.3. The summed E-state index contributed by atoms with van der Waals surface area (Å²) in [6.07, 6.45) is 9.37. The molecule has 0 amide bonds. The maximum absolute atomic E-state index is 10.6. The number of carbonyl (C=O) groups is 1. The Labute approximate surface area is 92.4 Å². The molecule has 2 heteroatoms. The lowest BCUT2D eigenvalue weighted by Gasteiger charge is -2.26. The molecule has 1 saturated carbocycles. The zero-order valence-corrected chi connectivity index (χ0v) is 9.83. The number of aliphatic carboxylic acids is 1. The lowest BCUT2D eigenvalue weighted by atomic mass is 9.79. The monoisotopic (exact) mass is 210 g/mol. The minimum atomic E-state index is -0.780. The predicted molar refractivity (Wildman–Crippen MR) is 61.7 cm³/mol. The first-order valence-electron chi connectivity index (χ1n) is 6.03. The van der Waals surface area contributed by atoms with Gasteiger partial charge in [0.05, 0.1) is 0 Å². The summed E-state index contributed by atoms with van der Waals surface area (Å²) >= 11 is 0.